The molecule has 3 aromatic heterocycles. The van der Waals surface area contributed by atoms with Crippen molar-refractivity contribution in [3.63, 3.8) is 0 Å². The van der Waals surface area contributed by atoms with E-state index in [1.54, 1.807) is 12.4 Å². The molecule has 0 unspecified atom stereocenters. The highest BCUT2D eigenvalue weighted by molar-refractivity contribution is 5.91. The Hall–Kier alpha value is -3.68. The fraction of sp³-hybridized carbons (Fsp3) is 0.304. The second-order valence-electron chi connectivity index (χ2n) is 7.82. The highest BCUT2D eigenvalue weighted by Gasteiger charge is 2.33. The summed E-state index contributed by atoms with van der Waals surface area (Å²) in [4.78, 5) is 27.2. The van der Waals surface area contributed by atoms with Gasteiger partial charge in [-0.3, -0.25) is 9.78 Å². The van der Waals surface area contributed by atoms with Gasteiger partial charge in [-0.2, -0.15) is 4.98 Å². The summed E-state index contributed by atoms with van der Waals surface area (Å²) in [5, 5.41) is 3.48. The molecule has 0 amide bonds. The minimum absolute atomic E-state index is 0.109. The van der Waals surface area contributed by atoms with Gasteiger partial charge < -0.3 is 19.1 Å². The molecule has 5 rings (SSSR count). The molecule has 1 fully saturated rings. The van der Waals surface area contributed by atoms with E-state index >= 15 is 0 Å². The summed E-state index contributed by atoms with van der Waals surface area (Å²) in [7, 11) is 0. The van der Waals surface area contributed by atoms with Crippen molar-refractivity contribution in [1.29, 1.82) is 0 Å². The molecule has 0 radical (unpaired) electrons. The lowest BCUT2D eigenvalue weighted by atomic mass is 9.94. The van der Waals surface area contributed by atoms with Gasteiger partial charge >= 0.3 is 0 Å². The minimum atomic E-state index is 0.109. The van der Waals surface area contributed by atoms with Crippen molar-refractivity contribution in [2.75, 3.05) is 16.8 Å². The molecule has 0 bridgehead atoms. The van der Waals surface area contributed by atoms with Crippen LogP contribution in [0.25, 0.3) is 22.6 Å². The third-order valence-electron chi connectivity index (χ3n) is 5.90. The normalized spacial score (nSPS) is 19.0. The molecule has 0 saturated carbocycles. The van der Waals surface area contributed by atoms with Crippen LogP contribution in [0.5, 0.6) is 0 Å². The maximum atomic E-state index is 11.8. The Kier molecular flexibility index (Phi) is 4.89. The number of carbonyl (C=O) groups is 1. The van der Waals surface area contributed by atoms with Gasteiger partial charge in [0, 0.05) is 18.8 Å². The first kappa shape index (κ1) is 19.3. The Morgan fingerprint density at radius 2 is 2.13 bits per heavy atom. The maximum absolute atomic E-state index is 11.8. The SMILES string of the molecule is Cc1cnc(C=O)c(-c2ncco2)c1N1CCC[C@@H](Nc2nc3ccccc3o2)[C@@H]1C. The number of nitrogens with zero attached hydrogens (tertiary/aromatic N) is 4. The molecular formula is C23H23N5O3. The summed E-state index contributed by atoms with van der Waals surface area (Å²) < 4.78 is 11.4. The van der Waals surface area contributed by atoms with E-state index in [4.69, 9.17) is 8.83 Å². The Labute approximate surface area is 179 Å². The van der Waals surface area contributed by atoms with Crippen LogP contribution >= 0.6 is 0 Å². The first-order valence-corrected chi connectivity index (χ1v) is 10.4. The molecular weight excluding hydrogens is 394 g/mol. The number of pyridine rings is 1. The van der Waals surface area contributed by atoms with Crippen LogP contribution in [-0.2, 0) is 0 Å². The Bertz CT molecular complexity index is 1180. The summed E-state index contributed by atoms with van der Waals surface area (Å²) in [5.41, 5.74) is 4.44. The summed E-state index contributed by atoms with van der Waals surface area (Å²) in [6.45, 7) is 5.01. The number of anilines is 2. The number of hydrogen-bond acceptors (Lipinski definition) is 8. The highest BCUT2D eigenvalue weighted by Crippen LogP contribution is 2.38. The summed E-state index contributed by atoms with van der Waals surface area (Å²) in [6, 6.07) is 8.47. The van der Waals surface area contributed by atoms with E-state index in [1.807, 2.05) is 31.2 Å². The molecule has 31 heavy (non-hydrogen) atoms. The molecule has 8 heteroatoms. The fourth-order valence-electron chi connectivity index (χ4n) is 4.37. The van der Waals surface area contributed by atoms with Crippen LogP contribution in [0.4, 0.5) is 11.7 Å². The minimum Gasteiger partial charge on any atom is -0.444 e. The van der Waals surface area contributed by atoms with E-state index in [0.29, 0.717) is 23.2 Å². The number of carbonyl (C=O) groups excluding carboxylic acids is 1. The van der Waals surface area contributed by atoms with Crippen molar-refractivity contribution in [3.05, 3.63) is 54.2 Å². The summed E-state index contributed by atoms with van der Waals surface area (Å²) in [5.74, 6) is 0.398. The van der Waals surface area contributed by atoms with E-state index in [9.17, 15) is 4.79 Å². The molecule has 4 heterocycles. The molecule has 1 N–H and O–H groups in total. The van der Waals surface area contributed by atoms with Crippen LogP contribution in [0.3, 0.4) is 0 Å². The number of para-hydroxylation sites is 2. The Morgan fingerprint density at radius 3 is 2.90 bits per heavy atom. The van der Waals surface area contributed by atoms with Crippen molar-refractivity contribution in [2.45, 2.75) is 38.8 Å². The lowest BCUT2D eigenvalue weighted by molar-refractivity contribution is 0.111. The molecule has 8 nitrogen and oxygen atoms in total. The van der Waals surface area contributed by atoms with E-state index in [0.717, 1.165) is 48.0 Å². The van der Waals surface area contributed by atoms with Gasteiger partial charge in [-0.05, 0) is 44.4 Å². The molecule has 1 aliphatic rings. The lowest BCUT2D eigenvalue weighted by Crippen LogP contribution is -2.50. The topological polar surface area (TPSA) is 97.3 Å². The zero-order chi connectivity index (χ0) is 21.4. The number of aldehydes is 1. The molecule has 4 aromatic rings. The number of nitrogens with one attached hydrogen (secondary N) is 1. The van der Waals surface area contributed by atoms with Crippen LogP contribution in [-0.4, -0.2) is 39.9 Å². The summed E-state index contributed by atoms with van der Waals surface area (Å²) >= 11 is 0. The van der Waals surface area contributed by atoms with Crippen molar-refractivity contribution in [2.24, 2.45) is 0 Å². The van der Waals surface area contributed by atoms with Gasteiger partial charge in [0.05, 0.1) is 23.5 Å². The number of benzene rings is 1. The predicted octanol–water partition coefficient (Wildman–Crippen LogP) is 4.47. The largest absolute Gasteiger partial charge is 0.444 e. The lowest BCUT2D eigenvalue weighted by Gasteiger charge is -2.42. The first-order valence-electron chi connectivity index (χ1n) is 10.4. The van der Waals surface area contributed by atoms with Gasteiger partial charge in [-0.15, -0.1) is 0 Å². The quantitative estimate of drug-likeness (QED) is 0.475. The number of oxazole rings is 2. The second kappa shape index (κ2) is 7.86. The third kappa shape index (κ3) is 3.43. The van der Waals surface area contributed by atoms with Gasteiger partial charge in [0.1, 0.15) is 17.5 Å². The van der Waals surface area contributed by atoms with E-state index in [1.165, 1.54) is 6.26 Å². The van der Waals surface area contributed by atoms with Crippen molar-refractivity contribution in [1.82, 2.24) is 15.0 Å². The number of aryl methyl sites for hydroxylation is 1. The van der Waals surface area contributed by atoms with Gasteiger partial charge in [-0.25, -0.2) is 4.98 Å². The first-order chi connectivity index (χ1) is 15.2. The average molecular weight is 417 g/mol. The van der Waals surface area contributed by atoms with Crippen LogP contribution < -0.4 is 10.2 Å². The number of fused-ring (bicyclic) bond motifs is 1. The fourth-order valence-corrected chi connectivity index (χ4v) is 4.37. The zero-order valence-electron chi connectivity index (χ0n) is 17.4. The van der Waals surface area contributed by atoms with Crippen LogP contribution in [0.15, 0.2) is 51.8 Å². The van der Waals surface area contributed by atoms with Crippen LogP contribution in [0.1, 0.15) is 35.8 Å². The molecule has 1 aromatic carbocycles. The van der Waals surface area contributed by atoms with Crippen molar-refractivity contribution < 1.29 is 13.6 Å². The average Bonchev–Trinajstić information content (AvgIpc) is 3.45. The van der Waals surface area contributed by atoms with Crippen molar-refractivity contribution in [3.8, 4) is 11.5 Å². The Balaban J connectivity index is 1.50. The van der Waals surface area contributed by atoms with Gasteiger partial charge in [0.15, 0.2) is 11.9 Å². The molecule has 0 spiro atoms. The maximum Gasteiger partial charge on any atom is 0.295 e. The van der Waals surface area contributed by atoms with E-state index in [-0.39, 0.29) is 12.1 Å². The number of hydrogen-bond donors (Lipinski definition) is 1. The highest BCUT2D eigenvalue weighted by atomic mass is 16.4. The van der Waals surface area contributed by atoms with Gasteiger partial charge in [0.25, 0.3) is 6.01 Å². The predicted molar refractivity (Wildman–Crippen MR) is 117 cm³/mol. The second-order valence-corrected chi connectivity index (χ2v) is 7.82. The molecule has 1 aliphatic heterocycles. The zero-order valence-corrected chi connectivity index (χ0v) is 17.4. The van der Waals surface area contributed by atoms with Crippen LogP contribution in [0.2, 0.25) is 0 Å². The molecule has 158 valence electrons. The van der Waals surface area contributed by atoms with E-state index < -0.39 is 0 Å². The van der Waals surface area contributed by atoms with Gasteiger partial charge in [0.2, 0.25) is 5.89 Å². The van der Waals surface area contributed by atoms with Gasteiger partial charge in [-0.1, -0.05) is 12.1 Å². The standard InChI is InChI=1S/C23H23N5O3/c1-14-12-25-18(13-29)20(22-24-9-11-30-22)21(14)28-10-5-7-16(15(28)2)26-23-27-17-6-3-4-8-19(17)31-23/h3-4,6,8-9,11-13,15-16H,5,7,10H2,1-2H3,(H,26,27)/t15-,16+/m0/s1. The number of rotatable bonds is 5. The smallest absolute Gasteiger partial charge is 0.295 e. The molecule has 1 saturated heterocycles. The Morgan fingerprint density at radius 1 is 1.26 bits per heavy atom. The van der Waals surface area contributed by atoms with Crippen molar-refractivity contribution >= 4 is 29.1 Å². The van der Waals surface area contributed by atoms with E-state index in [2.05, 4.69) is 32.1 Å². The molecule has 0 aliphatic carbocycles. The number of piperidine rings is 1. The third-order valence-corrected chi connectivity index (χ3v) is 5.90. The monoisotopic (exact) mass is 417 g/mol. The molecule has 2 atom stereocenters. The number of aromatic nitrogens is 3. The summed E-state index contributed by atoms with van der Waals surface area (Å²) in [6.07, 6.45) is 7.53. The van der Waals surface area contributed by atoms with Crippen LogP contribution in [0, 0.1) is 6.92 Å².